The molecular formula is C19H21F3N2O2. The molecule has 0 saturated carbocycles. The highest BCUT2D eigenvalue weighted by Crippen LogP contribution is 2.29. The monoisotopic (exact) mass is 366 g/mol. The molecule has 3 rings (SSSR count). The summed E-state index contributed by atoms with van der Waals surface area (Å²) in [6.45, 7) is 3.89. The van der Waals surface area contributed by atoms with Gasteiger partial charge in [-0.05, 0) is 39.2 Å². The number of halogens is 3. The number of piperidine rings is 1. The summed E-state index contributed by atoms with van der Waals surface area (Å²) in [6, 6.07) is 6.56. The fraction of sp³-hybridized carbons (Fsp3) is 0.474. The van der Waals surface area contributed by atoms with E-state index in [1.165, 1.54) is 10.6 Å². The second-order valence-electron chi connectivity index (χ2n) is 6.94. The number of rotatable bonds is 3. The van der Waals surface area contributed by atoms with Gasteiger partial charge in [0.1, 0.15) is 6.54 Å². The minimum atomic E-state index is -4.95. The van der Waals surface area contributed by atoms with Crippen molar-refractivity contribution in [3.63, 3.8) is 0 Å². The molecule has 140 valence electrons. The van der Waals surface area contributed by atoms with Gasteiger partial charge in [-0.25, -0.2) is 0 Å². The van der Waals surface area contributed by atoms with Gasteiger partial charge in [-0.3, -0.25) is 9.59 Å². The van der Waals surface area contributed by atoms with E-state index in [0.717, 1.165) is 25.5 Å². The molecule has 1 fully saturated rings. The number of carbonyl (C=O) groups is 2. The number of ketones is 1. The van der Waals surface area contributed by atoms with Crippen LogP contribution in [0.25, 0.3) is 10.9 Å². The summed E-state index contributed by atoms with van der Waals surface area (Å²) in [5, 5.41) is 0.211. The number of alkyl halides is 3. The van der Waals surface area contributed by atoms with E-state index < -0.39 is 17.5 Å². The molecule has 1 aliphatic rings. The Morgan fingerprint density at radius 1 is 1.12 bits per heavy atom. The quantitative estimate of drug-likeness (QED) is 0.765. The Morgan fingerprint density at radius 2 is 1.73 bits per heavy atom. The predicted molar refractivity (Wildman–Crippen MR) is 91.9 cm³/mol. The van der Waals surface area contributed by atoms with Crippen molar-refractivity contribution in [1.82, 2.24) is 9.47 Å². The number of nitrogens with zero attached hydrogens (tertiary/aromatic N) is 2. The molecule has 2 heterocycles. The van der Waals surface area contributed by atoms with Crippen molar-refractivity contribution in [2.24, 2.45) is 0 Å². The SMILES string of the molecule is CC1CCCC(C)N1C(=O)Cn1cc(C(=O)C(F)(F)F)c2ccccc21. The van der Waals surface area contributed by atoms with Crippen molar-refractivity contribution in [1.29, 1.82) is 0 Å². The zero-order chi connectivity index (χ0) is 19.1. The highest BCUT2D eigenvalue weighted by molar-refractivity contribution is 6.10. The van der Waals surface area contributed by atoms with Crippen molar-refractivity contribution in [3.8, 4) is 0 Å². The number of carbonyl (C=O) groups excluding carboxylic acids is 2. The Morgan fingerprint density at radius 3 is 2.35 bits per heavy atom. The number of hydrogen-bond acceptors (Lipinski definition) is 2. The van der Waals surface area contributed by atoms with Crippen LogP contribution in [0.5, 0.6) is 0 Å². The van der Waals surface area contributed by atoms with Gasteiger partial charge in [0.05, 0.1) is 5.56 Å². The third-order valence-electron chi connectivity index (χ3n) is 5.08. The minimum Gasteiger partial charge on any atom is -0.337 e. The van der Waals surface area contributed by atoms with Crippen LogP contribution >= 0.6 is 0 Å². The average Bonchev–Trinajstić information content (AvgIpc) is 2.92. The van der Waals surface area contributed by atoms with Crippen LogP contribution in [-0.2, 0) is 11.3 Å². The van der Waals surface area contributed by atoms with Crippen LogP contribution in [0.1, 0.15) is 43.5 Å². The zero-order valence-corrected chi connectivity index (χ0v) is 14.7. The minimum absolute atomic E-state index is 0.0830. The second kappa shape index (κ2) is 6.78. The molecule has 0 radical (unpaired) electrons. The van der Waals surface area contributed by atoms with Crippen LogP contribution in [-0.4, -0.2) is 39.4 Å². The lowest BCUT2D eigenvalue weighted by molar-refractivity contribution is -0.137. The molecule has 1 saturated heterocycles. The largest absolute Gasteiger partial charge is 0.454 e. The van der Waals surface area contributed by atoms with E-state index in [-0.39, 0.29) is 29.9 Å². The second-order valence-corrected chi connectivity index (χ2v) is 6.94. The van der Waals surface area contributed by atoms with Crippen LogP contribution in [0.2, 0.25) is 0 Å². The Bertz CT molecular complexity index is 831. The van der Waals surface area contributed by atoms with Crippen LogP contribution in [0.3, 0.4) is 0 Å². The summed E-state index contributed by atoms with van der Waals surface area (Å²) in [5.74, 6) is -2.03. The van der Waals surface area contributed by atoms with Gasteiger partial charge in [0.2, 0.25) is 5.91 Å². The molecule has 2 aromatic rings. The Hall–Kier alpha value is -2.31. The van der Waals surface area contributed by atoms with Gasteiger partial charge in [0.25, 0.3) is 5.78 Å². The smallest absolute Gasteiger partial charge is 0.337 e. The summed E-state index contributed by atoms with van der Waals surface area (Å²) in [6.07, 6.45) is -0.907. The number of likely N-dealkylation sites (tertiary alicyclic amines) is 1. The van der Waals surface area contributed by atoms with Crippen LogP contribution < -0.4 is 0 Å². The highest BCUT2D eigenvalue weighted by Gasteiger charge is 2.41. The summed E-state index contributed by atoms with van der Waals surface area (Å²) < 4.78 is 40.1. The number of para-hydroxylation sites is 1. The number of aromatic nitrogens is 1. The van der Waals surface area contributed by atoms with Gasteiger partial charge < -0.3 is 9.47 Å². The molecule has 1 aromatic carbocycles. The summed E-state index contributed by atoms with van der Waals surface area (Å²) in [4.78, 5) is 26.4. The summed E-state index contributed by atoms with van der Waals surface area (Å²) >= 11 is 0. The number of benzene rings is 1. The Labute approximate surface area is 149 Å². The van der Waals surface area contributed by atoms with Gasteiger partial charge in [-0.1, -0.05) is 18.2 Å². The number of hydrogen-bond donors (Lipinski definition) is 0. The van der Waals surface area contributed by atoms with Gasteiger partial charge >= 0.3 is 6.18 Å². The normalized spacial score (nSPS) is 21.2. The molecule has 1 amide bonds. The van der Waals surface area contributed by atoms with Crippen molar-refractivity contribution in [2.45, 2.75) is 57.9 Å². The lowest BCUT2D eigenvalue weighted by Gasteiger charge is -2.39. The molecule has 4 nitrogen and oxygen atoms in total. The molecule has 1 aliphatic heterocycles. The van der Waals surface area contributed by atoms with Crippen LogP contribution in [0, 0.1) is 0 Å². The maximum atomic E-state index is 12.9. The maximum absolute atomic E-state index is 12.9. The highest BCUT2D eigenvalue weighted by atomic mass is 19.4. The Kier molecular flexibility index (Phi) is 4.82. The first-order valence-electron chi connectivity index (χ1n) is 8.70. The number of Topliss-reactive ketones (excluding diaryl/α,β-unsaturated/α-hetero) is 1. The molecule has 2 atom stereocenters. The van der Waals surface area contributed by atoms with Crippen molar-refractivity contribution in [3.05, 3.63) is 36.0 Å². The predicted octanol–water partition coefficient (Wildman–Crippen LogP) is 4.18. The first kappa shape index (κ1) is 18.5. The summed E-state index contributed by atoms with van der Waals surface area (Å²) in [5.41, 5.74) is 0.0337. The molecular weight excluding hydrogens is 345 g/mol. The first-order chi connectivity index (χ1) is 12.2. The first-order valence-corrected chi connectivity index (χ1v) is 8.70. The molecule has 2 unspecified atom stereocenters. The van der Waals surface area contributed by atoms with E-state index in [9.17, 15) is 22.8 Å². The van der Waals surface area contributed by atoms with Crippen LogP contribution in [0.15, 0.2) is 30.5 Å². The number of amides is 1. The molecule has 0 N–H and O–H groups in total. The van der Waals surface area contributed by atoms with Gasteiger partial charge in [0.15, 0.2) is 0 Å². The van der Waals surface area contributed by atoms with Gasteiger partial charge in [-0.15, -0.1) is 0 Å². The van der Waals surface area contributed by atoms with E-state index >= 15 is 0 Å². The van der Waals surface area contributed by atoms with Gasteiger partial charge in [-0.2, -0.15) is 13.2 Å². The average molecular weight is 366 g/mol. The fourth-order valence-electron chi connectivity index (χ4n) is 3.85. The molecule has 0 bridgehead atoms. The van der Waals surface area contributed by atoms with E-state index in [1.807, 2.05) is 18.7 Å². The van der Waals surface area contributed by atoms with E-state index in [0.29, 0.717) is 5.52 Å². The third-order valence-corrected chi connectivity index (χ3v) is 5.08. The molecule has 1 aromatic heterocycles. The van der Waals surface area contributed by atoms with E-state index in [4.69, 9.17) is 0 Å². The fourth-order valence-corrected chi connectivity index (χ4v) is 3.85. The topological polar surface area (TPSA) is 42.3 Å². The van der Waals surface area contributed by atoms with Crippen molar-refractivity contribution < 1.29 is 22.8 Å². The zero-order valence-electron chi connectivity index (χ0n) is 14.7. The van der Waals surface area contributed by atoms with E-state index in [1.54, 1.807) is 18.2 Å². The molecule has 0 aliphatic carbocycles. The lowest BCUT2D eigenvalue weighted by atomic mass is 9.97. The molecule has 0 spiro atoms. The van der Waals surface area contributed by atoms with Crippen molar-refractivity contribution in [2.75, 3.05) is 0 Å². The van der Waals surface area contributed by atoms with Gasteiger partial charge in [0, 0.05) is 29.2 Å². The molecule has 7 heteroatoms. The van der Waals surface area contributed by atoms with Crippen molar-refractivity contribution >= 4 is 22.6 Å². The summed E-state index contributed by atoms with van der Waals surface area (Å²) in [7, 11) is 0. The molecule has 26 heavy (non-hydrogen) atoms. The lowest BCUT2D eigenvalue weighted by Crippen LogP contribution is -2.48. The third kappa shape index (κ3) is 3.34. The van der Waals surface area contributed by atoms with E-state index in [2.05, 4.69) is 0 Å². The number of fused-ring (bicyclic) bond motifs is 1. The Balaban J connectivity index is 1.96. The van der Waals surface area contributed by atoms with Crippen LogP contribution in [0.4, 0.5) is 13.2 Å². The standard InChI is InChI=1S/C19H21F3N2O2/c1-12-6-5-7-13(2)24(12)17(25)11-23-10-15(18(26)19(20,21)22)14-8-3-4-9-16(14)23/h3-4,8-10,12-13H,5-7,11H2,1-2H3. The maximum Gasteiger partial charge on any atom is 0.454 e.